The van der Waals surface area contributed by atoms with Crippen molar-refractivity contribution in [1.82, 2.24) is 38.9 Å². The number of aromatic amines is 1. The van der Waals surface area contributed by atoms with Gasteiger partial charge in [0.2, 0.25) is 5.78 Å². The first-order valence-electron chi connectivity index (χ1n) is 14.9. The number of hydrogen-bond acceptors (Lipinski definition) is 8. The Bertz CT molecular complexity index is 1980. The van der Waals surface area contributed by atoms with Crippen LogP contribution >= 0.6 is 0 Å². The second-order valence-corrected chi connectivity index (χ2v) is 11.2. The molecule has 0 aliphatic rings. The number of benzene rings is 2. The average molecular weight is 609 g/mol. The minimum Gasteiger partial charge on any atom is -0.392 e. The first kappa shape index (κ1) is 30.1. The molecule has 2 aromatic carbocycles. The maximum atomic E-state index is 13.6. The molecule has 0 atom stereocenters. The van der Waals surface area contributed by atoms with Crippen LogP contribution in [0.1, 0.15) is 32.9 Å². The van der Waals surface area contributed by atoms with Crippen LogP contribution in [-0.2, 0) is 22.6 Å². The van der Waals surface area contributed by atoms with Gasteiger partial charge in [0.25, 0.3) is 5.56 Å². The topological polar surface area (TPSA) is 137 Å². The molecule has 0 bridgehead atoms. The number of fused-ring (bicyclic) bond motifs is 2. The SMILES string of the molecule is CCOC(C)(C)CCOCc1cn(-c2ccc(-c3cn4c(=O)c5nc(-c6ccccc6)n(CC=CCO)c5nc4[nH]3)cc2)nn1. The van der Waals surface area contributed by atoms with Crippen LogP contribution in [0.15, 0.2) is 83.9 Å². The third kappa shape index (κ3) is 6.48. The first-order valence-corrected chi connectivity index (χ1v) is 14.9. The van der Waals surface area contributed by atoms with Crippen molar-refractivity contribution in [3.8, 4) is 28.3 Å². The number of nitrogens with zero attached hydrogens (tertiary/aromatic N) is 7. The van der Waals surface area contributed by atoms with Gasteiger partial charge in [0.05, 0.1) is 36.4 Å². The molecule has 6 rings (SSSR count). The monoisotopic (exact) mass is 608 g/mol. The Hall–Kier alpha value is -4.91. The van der Waals surface area contributed by atoms with E-state index >= 15 is 0 Å². The highest BCUT2D eigenvalue weighted by molar-refractivity contribution is 5.78. The first-order chi connectivity index (χ1) is 21.9. The number of rotatable bonds is 13. The van der Waals surface area contributed by atoms with Gasteiger partial charge >= 0.3 is 0 Å². The number of aliphatic hydroxyl groups excluding tert-OH is 1. The van der Waals surface area contributed by atoms with E-state index in [1.807, 2.05) is 78.4 Å². The zero-order valence-corrected chi connectivity index (χ0v) is 25.6. The Morgan fingerprint density at radius 2 is 1.80 bits per heavy atom. The Balaban J connectivity index is 1.22. The van der Waals surface area contributed by atoms with Crippen LogP contribution in [0.2, 0.25) is 0 Å². The maximum Gasteiger partial charge on any atom is 0.287 e. The van der Waals surface area contributed by atoms with E-state index in [-0.39, 0.29) is 23.3 Å². The lowest BCUT2D eigenvalue weighted by Crippen LogP contribution is -2.26. The van der Waals surface area contributed by atoms with E-state index in [4.69, 9.17) is 19.4 Å². The summed E-state index contributed by atoms with van der Waals surface area (Å²) in [4.78, 5) is 26.4. The number of H-pyrrole nitrogens is 1. The molecular weight excluding hydrogens is 572 g/mol. The molecule has 232 valence electrons. The summed E-state index contributed by atoms with van der Waals surface area (Å²) in [5.74, 6) is 1.04. The summed E-state index contributed by atoms with van der Waals surface area (Å²) in [6, 6.07) is 17.4. The highest BCUT2D eigenvalue weighted by atomic mass is 16.5. The predicted octanol–water partition coefficient (Wildman–Crippen LogP) is 4.56. The molecule has 6 aromatic rings. The molecule has 0 radical (unpaired) electrons. The second kappa shape index (κ2) is 13.0. The van der Waals surface area contributed by atoms with E-state index in [1.165, 1.54) is 4.40 Å². The smallest absolute Gasteiger partial charge is 0.287 e. The molecule has 12 nitrogen and oxygen atoms in total. The average Bonchev–Trinajstić information content (AvgIpc) is 3.78. The fraction of sp³-hybridized carbons (Fsp3) is 0.303. The molecule has 2 N–H and O–H groups in total. The molecule has 4 aromatic heterocycles. The lowest BCUT2D eigenvalue weighted by molar-refractivity contribution is -0.0369. The highest BCUT2D eigenvalue weighted by Crippen LogP contribution is 2.25. The largest absolute Gasteiger partial charge is 0.392 e. The summed E-state index contributed by atoms with van der Waals surface area (Å²) >= 11 is 0. The van der Waals surface area contributed by atoms with E-state index in [1.54, 1.807) is 17.0 Å². The molecule has 12 heteroatoms. The van der Waals surface area contributed by atoms with Gasteiger partial charge in [-0.3, -0.25) is 4.79 Å². The molecule has 0 fully saturated rings. The van der Waals surface area contributed by atoms with Gasteiger partial charge in [-0.1, -0.05) is 59.8 Å². The Labute approximate surface area is 259 Å². The van der Waals surface area contributed by atoms with E-state index in [2.05, 4.69) is 29.1 Å². The molecular formula is C33H36N8O4. The Morgan fingerprint density at radius 1 is 1.00 bits per heavy atom. The van der Waals surface area contributed by atoms with Gasteiger partial charge in [-0.25, -0.2) is 14.1 Å². The molecule has 0 saturated heterocycles. The van der Waals surface area contributed by atoms with Crippen LogP contribution in [0.5, 0.6) is 0 Å². The van der Waals surface area contributed by atoms with Crippen molar-refractivity contribution in [2.75, 3.05) is 19.8 Å². The van der Waals surface area contributed by atoms with Crippen molar-refractivity contribution >= 4 is 16.9 Å². The number of ether oxygens (including phenoxy) is 2. The molecule has 0 saturated carbocycles. The predicted molar refractivity (Wildman–Crippen MR) is 171 cm³/mol. The summed E-state index contributed by atoms with van der Waals surface area (Å²) in [6.07, 6.45) is 7.86. The number of hydrogen-bond donors (Lipinski definition) is 2. The van der Waals surface area contributed by atoms with Crippen molar-refractivity contribution in [1.29, 1.82) is 0 Å². The van der Waals surface area contributed by atoms with Crippen molar-refractivity contribution < 1.29 is 14.6 Å². The maximum absolute atomic E-state index is 13.6. The Kier molecular flexibility index (Phi) is 8.69. The fourth-order valence-electron chi connectivity index (χ4n) is 5.18. The summed E-state index contributed by atoms with van der Waals surface area (Å²) < 4.78 is 16.6. The van der Waals surface area contributed by atoms with E-state index in [0.717, 1.165) is 34.6 Å². The van der Waals surface area contributed by atoms with Gasteiger partial charge in [0.1, 0.15) is 11.5 Å². The molecule has 0 amide bonds. The minimum atomic E-state index is -0.269. The third-order valence-corrected chi connectivity index (χ3v) is 7.52. The van der Waals surface area contributed by atoms with Crippen molar-refractivity contribution in [3.63, 3.8) is 0 Å². The van der Waals surface area contributed by atoms with Crippen LogP contribution in [0.3, 0.4) is 0 Å². The van der Waals surface area contributed by atoms with Crippen LogP contribution in [0.25, 0.3) is 45.3 Å². The summed E-state index contributed by atoms with van der Waals surface area (Å²) in [6.45, 7) is 8.04. The molecule has 45 heavy (non-hydrogen) atoms. The van der Waals surface area contributed by atoms with E-state index in [9.17, 15) is 9.90 Å². The quantitative estimate of drug-likeness (QED) is 0.144. The van der Waals surface area contributed by atoms with Crippen LogP contribution in [-0.4, -0.2) is 69.4 Å². The zero-order valence-electron chi connectivity index (χ0n) is 25.6. The number of nitrogens with one attached hydrogen (secondary N) is 1. The van der Waals surface area contributed by atoms with Gasteiger partial charge < -0.3 is 24.1 Å². The third-order valence-electron chi connectivity index (χ3n) is 7.52. The number of allylic oxidation sites excluding steroid dienone is 1. The minimum absolute atomic E-state index is 0.0765. The molecule has 4 heterocycles. The van der Waals surface area contributed by atoms with Crippen molar-refractivity contribution in [3.05, 3.63) is 95.2 Å². The summed E-state index contributed by atoms with van der Waals surface area (Å²) in [7, 11) is 0. The molecule has 0 spiro atoms. The second-order valence-electron chi connectivity index (χ2n) is 11.2. The van der Waals surface area contributed by atoms with Crippen LogP contribution in [0.4, 0.5) is 0 Å². The molecule has 0 aliphatic carbocycles. The van der Waals surface area contributed by atoms with Crippen LogP contribution in [0, 0.1) is 0 Å². The van der Waals surface area contributed by atoms with Gasteiger partial charge in [0.15, 0.2) is 11.2 Å². The lowest BCUT2D eigenvalue weighted by atomic mass is 10.1. The zero-order chi connectivity index (χ0) is 31.4. The Morgan fingerprint density at radius 3 is 2.56 bits per heavy atom. The lowest BCUT2D eigenvalue weighted by Gasteiger charge is -2.24. The molecule has 0 unspecified atom stereocenters. The normalized spacial score (nSPS) is 12.3. The summed E-state index contributed by atoms with van der Waals surface area (Å²) in [5.41, 5.74) is 4.31. The van der Waals surface area contributed by atoms with E-state index in [0.29, 0.717) is 43.6 Å². The van der Waals surface area contributed by atoms with E-state index < -0.39 is 0 Å². The van der Waals surface area contributed by atoms with Gasteiger partial charge in [-0.05, 0) is 44.9 Å². The van der Waals surface area contributed by atoms with Crippen molar-refractivity contribution in [2.24, 2.45) is 0 Å². The highest BCUT2D eigenvalue weighted by Gasteiger charge is 2.19. The standard InChI is InChI=1S/C33H36N8O4/c1-4-45-33(2,3)16-19-44-22-25-20-41(38-37-25)26-14-12-23(13-15-26)27-21-40-31(43)28-30(36-32(40)34-27)39(17-8-9-18-42)29(35-28)24-10-6-5-7-11-24/h5-15,20-21,42H,4,16-19,22H2,1-3H3,(H,34,36). The summed E-state index contributed by atoms with van der Waals surface area (Å²) in [5, 5.41) is 17.7. The van der Waals surface area contributed by atoms with Gasteiger partial charge in [0, 0.05) is 31.5 Å². The van der Waals surface area contributed by atoms with Crippen molar-refractivity contribution in [2.45, 2.75) is 45.9 Å². The van der Waals surface area contributed by atoms with Gasteiger partial charge in [-0.15, -0.1) is 5.10 Å². The number of imidazole rings is 2. The fourth-order valence-corrected chi connectivity index (χ4v) is 5.18. The van der Waals surface area contributed by atoms with Gasteiger partial charge in [-0.2, -0.15) is 4.98 Å². The number of aliphatic hydroxyl groups is 1. The number of aromatic nitrogens is 8. The van der Waals surface area contributed by atoms with Crippen LogP contribution < -0.4 is 5.56 Å². The molecule has 0 aliphatic heterocycles.